The van der Waals surface area contributed by atoms with Gasteiger partial charge in [0.1, 0.15) is 0 Å². The highest BCUT2D eigenvalue weighted by Crippen LogP contribution is 2.39. The summed E-state index contributed by atoms with van der Waals surface area (Å²) in [5.41, 5.74) is 16.0. The minimum absolute atomic E-state index is 0.633. The number of aromatic nitrogens is 4. The lowest BCUT2D eigenvalue weighted by Crippen LogP contribution is -2.03. The Kier molecular flexibility index (Phi) is 10.6. The van der Waals surface area contributed by atoms with Crippen LogP contribution in [0.2, 0.25) is 0 Å². The van der Waals surface area contributed by atoms with Crippen LogP contribution in [0, 0.1) is 13.8 Å². The van der Waals surface area contributed by atoms with Gasteiger partial charge in [-0.1, -0.05) is 117 Å². The molecule has 1 aliphatic carbocycles. The number of allylic oxidation sites excluding steroid dienone is 2. The van der Waals surface area contributed by atoms with E-state index in [1.165, 1.54) is 27.8 Å². The normalized spacial score (nSPS) is 11.9. The van der Waals surface area contributed by atoms with Crippen LogP contribution in [0.4, 0.5) is 0 Å². The fraction of sp³-hybridized carbons (Fsp3) is 0.143. The number of hydrogen-bond acceptors (Lipinski definition) is 4. The molecule has 8 rings (SSSR count). The Labute approximate surface area is 313 Å². The van der Waals surface area contributed by atoms with E-state index >= 15 is 0 Å². The highest BCUT2D eigenvalue weighted by Gasteiger charge is 2.19. The lowest BCUT2D eigenvalue weighted by molar-refractivity contribution is 0.970. The van der Waals surface area contributed by atoms with E-state index in [1.807, 2.05) is 63.4 Å². The molecule has 0 aliphatic heterocycles. The second-order valence-corrected chi connectivity index (χ2v) is 13.1. The summed E-state index contributed by atoms with van der Waals surface area (Å²) in [4.78, 5) is 19.7. The number of nitrogens with zero attached hydrogens (tertiary/aromatic N) is 4. The first-order chi connectivity index (χ1) is 26.0. The Hall–Kier alpha value is -6.26. The van der Waals surface area contributed by atoms with E-state index in [2.05, 4.69) is 128 Å². The molecule has 0 saturated heterocycles. The molecular weight excluding hydrogens is 645 g/mol. The van der Waals surface area contributed by atoms with Crippen molar-refractivity contribution in [1.29, 1.82) is 0 Å². The Bertz CT molecular complexity index is 2380. The zero-order chi connectivity index (χ0) is 36.7. The van der Waals surface area contributed by atoms with Gasteiger partial charge in [0.15, 0.2) is 17.5 Å². The standard InChI is InChI=1S/C47H38N4.C2H6/c1-4-14-43-32(3)42-22-12-11-19-38(42)30-44(43)40-27-39(36-21-13-20-35(26-36)37-23-24-48-31(2)25-37)28-41(29-40)47-50-45(33-15-7-5-8-16-33)49-46(51-47)34-17-9-6-10-18-34;1-2/h4-11,13-21,23-30H,12,22H2,1-3H3;1-2H3/b14-4-;. The molecule has 5 aromatic carbocycles. The molecule has 1 aliphatic rings. The molecule has 0 fully saturated rings. The molecule has 0 unspecified atom stereocenters. The van der Waals surface area contributed by atoms with E-state index < -0.39 is 0 Å². The van der Waals surface area contributed by atoms with Crippen LogP contribution >= 0.6 is 0 Å². The summed E-state index contributed by atoms with van der Waals surface area (Å²) >= 11 is 0. The van der Waals surface area contributed by atoms with Crippen LogP contribution in [0.25, 0.3) is 79.7 Å². The van der Waals surface area contributed by atoms with Crippen molar-refractivity contribution >= 4 is 12.2 Å². The van der Waals surface area contributed by atoms with Crippen molar-refractivity contribution in [1.82, 2.24) is 19.9 Å². The van der Waals surface area contributed by atoms with Crippen molar-refractivity contribution in [3.05, 3.63) is 168 Å². The zero-order valence-electron chi connectivity index (χ0n) is 31.1. The largest absolute Gasteiger partial charge is 0.262 e. The molecule has 7 aromatic rings. The third kappa shape index (κ3) is 7.54. The maximum Gasteiger partial charge on any atom is 0.164 e. The number of fused-ring (bicyclic) bond motifs is 1. The molecule has 0 amide bonds. The summed E-state index contributed by atoms with van der Waals surface area (Å²) in [6.45, 7) is 10.4. The van der Waals surface area contributed by atoms with Crippen molar-refractivity contribution < 1.29 is 0 Å². The first-order valence-corrected chi connectivity index (χ1v) is 18.6. The van der Waals surface area contributed by atoms with E-state index in [0.29, 0.717) is 17.5 Å². The number of aryl methyl sites for hydroxylation is 1. The van der Waals surface area contributed by atoms with Gasteiger partial charge in [0, 0.05) is 28.6 Å². The molecule has 53 heavy (non-hydrogen) atoms. The van der Waals surface area contributed by atoms with Crippen LogP contribution in [0.3, 0.4) is 0 Å². The SMILES string of the molecule is C/C=C\c1c(-c2cc(-c3cccc(-c4ccnc(C)c4)c3)cc(-c3nc(-c4ccccc4)nc(-c4ccccc4)n3)c2)cc2c(c1C)CCC=C2.CC. The van der Waals surface area contributed by atoms with Gasteiger partial charge in [-0.05, 0) is 132 Å². The molecule has 260 valence electrons. The van der Waals surface area contributed by atoms with E-state index in [4.69, 9.17) is 15.0 Å². The number of hydrogen-bond donors (Lipinski definition) is 0. The van der Waals surface area contributed by atoms with Crippen LogP contribution in [0.1, 0.15) is 55.1 Å². The predicted octanol–water partition coefficient (Wildman–Crippen LogP) is 12.9. The Balaban J connectivity index is 0.00000214. The van der Waals surface area contributed by atoms with Gasteiger partial charge in [-0.2, -0.15) is 0 Å². The molecule has 2 heterocycles. The number of benzene rings is 5. The summed E-state index contributed by atoms with van der Waals surface area (Å²) in [5.74, 6) is 1.92. The second kappa shape index (κ2) is 16.0. The van der Waals surface area contributed by atoms with Gasteiger partial charge in [0.05, 0.1) is 0 Å². The third-order valence-electron chi connectivity index (χ3n) is 9.61. The summed E-state index contributed by atoms with van der Waals surface area (Å²) < 4.78 is 0. The van der Waals surface area contributed by atoms with E-state index in [9.17, 15) is 0 Å². The topological polar surface area (TPSA) is 51.6 Å². The minimum atomic E-state index is 0.633. The van der Waals surface area contributed by atoms with Crippen LogP contribution < -0.4 is 0 Å². The molecule has 0 radical (unpaired) electrons. The summed E-state index contributed by atoms with van der Waals surface area (Å²) in [5, 5.41) is 0. The minimum Gasteiger partial charge on any atom is -0.262 e. The predicted molar refractivity (Wildman–Crippen MR) is 223 cm³/mol. The summed E-state index contributed by atoms with van der Waals surface area (Å²) in [6, 6.07) is 42.4. The maximum absolute atomic E-state index is 5.14. The van der Waals surface area contributed by atoms with Crippen LogP contribution in [0.15, 0.2) is 140 Å². The number of pyridine rings is 1. The maximum atomic E-state index is 5.14. The lowest BCUT2D eigenvalue weighted by Gasteiger charge is -2.21. The van der Waals surface area contributed by atoms with E-state index in [0.717, 1.165) is 63.0 Å². The quantitative estimate of drug-likeness (QED) is 0.167. The van der Waals surface area contributed by atoms with Crippen molar-refractivity contribution in [2.75, 3.05) is 0 Å². The van der Waals surface area contributed by atoms with Crippen LogP contribution in [-0.4, -0.2) is 19.9 Å². The van der Waals surface area contributed by atoms with E-state index in [-0.39, 0.29) is 0 Å². The van der Waals surface area contributed by atoms with Gasteiger partial charge in [-0.15, -0.1) is 0 Å². The lowest BCUT2D eigenvalue weighted by atomic mass is 9.84. The Morgan fingerprint density at radius 2 is 1.09 bits per heavy atom. The van der Waals surface area contributed by atoms with Crippen molar-refractivity contribution in [2.45, 2.75) is 47.5 Å². The molecular formula is C49H44N4. The smallest absolute Gasteiger partial charge is 0.164 e. The van der Waals surface area contributed by atoms with Crippen LogP contribution in [-0.2, 0) is 6.42 Å². The molecule has 0 bridgehead atoms. The van der Waals surface area contributed by atoms with Gasteiger partial charge >= 0.3 is 0 Å². The highest BCUT2D eigenvalue weighted by atomic mass is 15.0. The third-order valence-corrected chi connectivity index (χ3v) is 9.61. The van der Waals surface area contributed by atoms with Crippen molar-refractivity contribution in [2.24, 2.45) is 0 Å². The van der Waals surface area contributed by atoms with Gasteiger partial charge < -0.3 is 0 Å². The first kappa shape index (κ1) is 35.2. The Morgan fingerprint density at radius 1 is 0.547 bits per heavy atom. The molecule has 0 saturated carbocycles. The molecule has 4 heteroatoms. The molecule has 2 aromatic heterocycles. The number of rotatable bonds is 7. The fourth-order valence-electron chi connectivity index (χ4n) is 7.06. The van der Waals surface area contributed by atoms with Gasteiger partial charge in [-0.25, -0.2) is 15.0 Å². The van der Waals surface area contributed by atoms with Gasteiger partial charge in [0.2, 0.25) is 0 Å². The Morgan fingerprint density at radius 3 is 1.74 bits per heavy atom. The fourth-order valence-corrected chi connectivity index (χ4v) is 7.06. The van der Waals surface area contributed by atoms with Gasteiger partial charge in [0.25, 0.3) is 0 Å². The average molecular weight is 689 g/mol. The second-order valence-electron chi connectivity index (χ2n) is 13.1. The highest BCUT2D eigenvalue weighted by molar-refractivity contribution is 5.87. The first-order valence-electron chi connectivity index (χ1n) is 18.6. The summed E-state index contributed by atoms with van der Waals surface area (Å²) in [7, 11) is 0. The van der Waals surface area contributed by atoms with Crippen molar-refractivity contribution in [3.8, 4) is 67.5 Å². The summed E-state index contributed by atoms with van der Waals surface area (Å²) in [6.07, 6.45) is 13.0. The zero-order valence-corrected chi connectivity index (χ0v) is 31.1. The van der Waals surface area contributed by atoms with Crippen LogP contribution in [0.5, 0.6) is 0 Å². The molecule has 0 spiro atoms. The average Bonchev–Trinajstić information content (AvgIpc) is 3.23. The van der Waals surface area contributed by atoms with E-state index in [1.54, 1.807) is 0 Å². The molecule has 0 atom stereocenters. The molecule has 4 nitrogen and oxygen atoms in total. The molecule has 0 N–H and O–H groups in total. The monoisotopic (exact) mass is 688 g/mol. The van der Waals surface area contributed by atoms with Gasteiger partial charge in [-0.3, -0.25) is 4.98 Å². The van der Waals surface area contributed by atoms with Crippen molar-refractivity contribution in [3.63, 3.8) is 0 Å².